The fraction of sp³-hybridized carbons (Fsp3) is 0.333. The van der Waals surface area contributed by atoms with E-state index in [-0.39, 0.29) is 18.4 Å². The Morgan fingerprint density at radius 3 is 2.83 bits per heavy atom. The molecule has 2 aliphatic rings. The maximum Gasteiger partial charge on any atom is 0.258 e. The first-order valence-corrected chi connectivity index (χ1v) is 14.4. The van der Waals surface area contributed by atoms with Crippen LogP contribution in [0, 0.1) is 6.92 Å². The number of anilines is 1. The second-order valence-electron chi connectivity index (χ2n) is 10.5. The number of amides is 2. The Bertz CT molecular complexity index is 1580. The van der Waals surface area contributed by atoms with Gasteiger partial charge in [-0.15, -0.1) is 0 Å². The number of fused-ring (bicyclic) bond motifs is 1. The van der Waals surface area contributed by atoms with Gasteiger partial charge in [0.1, 0.15) is 5.69 Å². The quantitative estimate of drug-likeness (QED) is 0.351. The molecule has 0 aliphatic carbocycles. The summed E-state index contributed by atoms with van der Waals surface area (Å²) < 4.78 is 5.81. The van der Waals surface area contributed by atoms with Crippen molar-refractivity contribution in [3.05, 3.63) is 70.7 Å². The fourth-order valence-corrected chi connectivity index (χ4v) is 6.26. The molecule has 4 aromatic rings. The summed E-state index contributed by atoms with van der Waals surface area (Å²) in [6.07, 6.45) is 5.29. The van der Waals surface area contributed by atoms with Crippen molar-refractivity contribution in [1.82, 2.24) is 25.0 Å². The van der Waals surface area contributed by atoms with Gasteiger partial charge in [-0.1, -0.05) is 6.08 Å². The van der Waals surface area contributed by atoms with Crippen LogP contribution in [0.15, 0.2) is 59.4 Å². The summed E-state index contributed by atoms with van der Waals surface area (Å²) in [5.41, 5.74) is 5.75. The molecule has 3 aromatic heterocycles. The number of carbonyl (C=O) groups excluding carboxylic acids is 2. The predicted molar refractivity (Wildman–Crippen MR) is 157 cm³/mol. The number of carbonyl (C=O) groups is 2. The lowest BCUT2D eigenvalue weighted by Crippen LogP contribution is -2.48. The Labute approximate surface area is 236 Å². The molecular formula is C30H32N6O3S. The molecule has 0 bridgehead atoms. The predicted octanol–water partition coefficient (Wildman–Crippen LogP) is 4.34. The van der Waals surface area contributed by atoms with Crippen LogP contribution in [0.3, 0.4) is 0 Å². The SMILES string of the molecule is COC1(C(=O)Nc2ccc3[nH]nc(-c4ccnc(C)c4)c3c2)CCN(CC(=O)N2CC=C(c3ccsc3)CC2)C1. The summed E-state index contributed by atoms with van der Waals surface area (Å²) in [6.45, 7) is 4.52. The van der Waals surface area contributed by atoms with Crippen LogP contribution >= 0.6 is 11.3 Å². The number of hydrogen-bond acceptors (Lipinski definition) is 7. The van der Waals surface area contributed by atoms with Gasteiger partial charge in [-0.2, -0.15) is 16.4 Å². The van der Waals surface area contributed by atoms with Gasteiger partial charge in [0, 0.05) is 61.8 Å². The minimum atomic E-state index is -1.02. The van der Waals surface area contributed by atoms with Gasteiger partial charge in [-0.25, -0.2) is 0 Å². The first-order chi connectivity index (χ1) is 19.4. The molecule has 2 N–H and O–H groups in total. The third-order valence-electron chi connectivity index (χ3n) is 7.92. The molecule has 40 heavy (non-hydrogen) atoms. The summed E-state index contributed by atoms with van der Waals surface area (Å²) in [5.74, 6) is -0.132. The highest BCUT2D eigenvalue weighted by molar-refractivity contribution is 7.08. The van der Waals surface area contributed by atoms with Crippen LogP contribution in [0.1, 0.15) is 24.1 Å². The number of aryl methyl sites for hydroxylation is 1. The van der Waals surface area contributed by atoms with Crippen molar-refractivity contribution >= 4 is 45.3 Å². The summed E-state index contributed by atoms with van der Waals surface area (Å²) in [7, 11) is 1.56. The number of nitrogens with one attached hydrogen (secondary N) is 2. The average Bonchev–Trinajstić information content (AvgIpc) is 3.73. The maximum atomic E-state index is 13.5. The molecule has 0 saturated carbocycles. The van der Waals surface area contributed by atoms with E-state index < -0.39 is 5.60 Å². The first-order valence-electron chi connectivity index (χ1n) is 13.4. The number of likely N-dealkylation sites (tertiary alicyclic amines) is 1. The number of methoxy groups -OCH3 is 1. The Balaban J connectivity index is 1.11. The van der Waals surface area contributed by atoms with Gasteiger partial charge >= 0.3 is 0 Å². The van der Waals surface area contributed by atoms with Crippen molar-refractivity contribution < 1.29 is 14.3 Å². The lowest BCUT2D eigenvalue weighted by atomic mass is 10.0. The number of thiophene rings is 1. The fourth-order valence-electron chi connectivity index (χ4n) is 5.58. The van der Waals surface area contributed by atoms with Crippen molar-refractivity contribution in [2.75, 3.05) is 45.2 Å². The molecule has 1 fully saturated rings. The highest BCUT2D eigenvalue weighted by Gasteiger charge is 2.45. The van der Waals surface area contributed by atoms with Gasteiger partial charge in [0.05, 0.1) is 12.1 Å². The monoisotopic (exact) mass is 556 g/mol. The minimum Gasteiger partial charge on any atom is -0.367 e. The molecule has 10 heteroatoms. The molecule has 2 amide bonds. The smallest absolute Gasteiger partial charge is 0.258 e. The van der Waals surface area contributed by atoms with E-state index in [1.54, 1.807) is 24.6 Å². The zero-order valence-corrected chi connectivity index (χ0v) is 23.5. The third kappa shape index (κ3) is 5.17. The number of benzene rings is 1. The topological polar surface area (TPSA) is 103 Å². The summed E-state index contributed by atoms with van der Waals surface area (Å²) >= 11 is 1.69. The van der Waals surface area contributed by atoms with E-state index in [1.807, 2.05) is 47.1 Å². The highest BCUT2D eigenvalue weighted by Crippen LogP contribution is 2.31. The number of aromatic nitrogens is 3. The van der Waals surface area contributed by atoms with Crippen LogP contribution in [0.5, 0.6) is 0 Å². The number of rotatable bonds is 7. The summed E-state index contributed by atoms with van der Waals surface area (Å²) in [5, 5.41) is 15.8. The number of hydrogen-bond donors (Lipinski definition) is 2. The summed E-state index contributed by atoms with van der Waals surface area (Å²) in [4.78, 5) is 34.8. The first kappa shape index (κ1) is 26.4. The van der Waals surface area contributed by atoms with E-state index in [1.165, 1.54) is 11.1 Å². The third-order valence-corrected chi connectivity index (χ3v) is 8.60. The second kappa shape index (κ2) is 11.0. The lowest BCUT2D eigenvalue weighted by Gasteiger charge is -2.29. The lowest BCUT2D eigenvalue weighted by molar-refractivity contribution is -0.138. The van der Waals surface area contributed by atoms with Crippen molar-refractivity contribution in [2.45, 2.75) is 25.4 Å². The average molecular weight is 557 g/mol. The van der Waals surface area contributed by atoms with Gasteiger partial charge in [0.15, 0.2) is 5.60 Å². The molecule has 1 atom stereocenters. The van der Waals surface area contributed by atoms with Gasteiger partial charge in [0.2, 0.25) is 5.91 Å². The highest BCUT2D eigenvalue weighted by atomic mass is 32.1. The maximum absolute atomic E-state index is 13.5. The standard InChI is InChI=1S/C30H32N6O3S/c1-20-15-22(5-10-31-20)28-25-16-24(3-4-26(25)33-34-28)32-29(38)30(39-2)9-13-35(19-30)17-27(37)36-11-6-21(7-12-36)23-8-14-40-18-23/h3-6,8,10,14-16,18H,7,9,11-13,17,19H2,1-2H3,(H,32,38)(H,33,34). The van der Waals surface area contributed by atoms with Crippen molar-refractivity contribution in [3.63, 3.8) is 0 Å². The Morgan fingerprint density at radius 2 is 2.08 bits per heavy atom. The van der Waals surface area contributed by atoms with Crippen molar-refractivity contribution in [3.8, 4) is 11.3 Å². The molecule has 1 saturated heterocycles. The van der Waals surface area contributed by atoms with E-state index in [2.05, 4.69) is 43.4 Å². The minimum absolute atomic E-state index is 0.0808. The van der Waals surface area contributed by atoms with Crippen LogP contribution < -0.4 is 5.32 Å². The normalized spacial score (nSPS) is 19.6. The van der Waals surface area contributed by atoms with Gasteiger partial charge in [-0.3, -0.25) is 24.6 Å². The van der Waals surface area contributed by atoms with Gasteiger partial charge in [0.25, 0.3) is 5.91 Å². The molecule has 1 aromatic carbocycles. The van der Waals surface area contributed by atoms with Gasteiger partial charge in [-0.05, 0) is 78.1 Å². The number of H-pyrrole nitrogens is 1. The molecule has 9 nitrogen and oxygen atoms in total. The molecular weight excluding hydrogens is 524 g/mol. The molecule has 206 valence electrons. The van der Waals surface area contributed by atoms with E-state index in [0.717, 1.165) is 34.3 Å². The molecule has 0 radical (unpaired) electrons. The zero-order valence-electron chi connectivity index (χ0n) is 22.6. The van der Waals surface area contributed by atoms with Crippen LogP contribution in [0.2, 0.25) is 0 Å². The Hall–Kier alpha value is -3.86. The van der Waals surface area contributed by atoms with Gasteiger partial charge < -0.3 is 15.0 Å². The molecule has 1 unspecified atom stereocenters. The number of nitrogens with zero attached hydrogens (tertiary/aromatic N) is 4. The number of aromatic amines is 1. The number of pyridine rings is 1. The largest absolute Gasteiger partial charge is 0.367 e. The van der Waals surface area contributed by atoms with E-state index in [9.17, 15) is 9.59 Å². The van der Waals surface area contributed by atoms with E-state index in [0.29, 0.717) is 38.3 Å². The van der Waals surface area contributed by atoms with E-state index in [4.69, 9.17) is 4.74 Å². The molecule has 2 aliphatic heterocycles. The van der Waals surface area contributed by atoms with Crippen LogP contribution in [0.25, 0.3) is 27.7 Å². The molecule has 5 heterocycles. The second-order valence-corrected chi connectivity index (χ2v) is 11.2. The van der Waals surface area contributed by atoms with Crippen molar-refractivity contribution in [2.24, 2.45) is 0 Å². The van der Waals surface area contributed by atoms with Crippen LogP contribution in [0.4, 0.5) is 5.69 Å². The number of ether oxygens (including phenoxy) is 1. The van der Waals surface area contributed by atoms with Crippen LogP contribution in [-0.2, 0) is 14.3 Å². The Kier molecular flexibility index (Phi) is 7.22. The molecule has 6 rings (SSSR count). The Morgan fingerprint density at radius 1 is 1.18 bits per heavy atom. The summed E-state index contributed by atoms with van der Waals surface area (Å²) in [6, 6.07) is 11.7. The zero-order chi connectivity index (χ0) is 27.7. The van der Waals surface area contributed by atoms with Crippen molar-refractivity contribution in [1.29, 1.82) is 0 Å². The van der Waals surface area contributed by atoms with E-state index >= 15 is 0 Å². The van der Waals surface area contributed by atoms with Crippen LogP contribution in [-0.4, -0.2) is 82.2 Å². The molecule has 0 spiro atoms.